The predicted molar refractivity (Wildman–Crippen MR) is 126 cm³/mol. The second-order valence-corrected chi connectivity index (χ2v) is 8.41. The van der Waals surface area contributed by atoms with Crippen LogP contribution in [0.15, 0.2) is 64.4 Å². The van der Waals surface area contributed by atoms with Crippen LogP contribution in [0.25, 0.3) is 16.9 Å². The molecule has 8 nitrogen and oxygen atoms in total. The SMILES string of the molecule is COc1ccc(C(=O)Cn2cnc3c2c(=O)n(CC(C)C)c(=O)n3-c2ccccc2C)cc1. The number of ether oxygens (including phenoxy) is 1. The molecule has 8 heteroatoms. The largest absolute Gasteiger partial charge is 0.497 e. The van der Waals surface area contributed by atoms with Crippen molar-refractivity contribution in [2.75, 3.05) is 7.11 Å². The van der Waals surface area contributed by atoms with E-state index in [0.29, 0.717) is 17.0 Å². The molecule has 0 N–H and O–H groups in total. The standard InChI is InChI=1S/C25H26N4O4/c1-16(2)13-28-24(31)22-23(29(25(28)32)20-8-6-5-7-17(20)3)26-15-27(22)14-21(30)18-9-11-19(33-4)12-10-18/h5-12,15-16H,13-14H2,1-4H3. The number of nitrogens with zero attached hydrogens (tertiary/aromatic N) is 4. The molecule has 0 aliphatic heterocycles. The van der Waals surface area contributed by atoms with Gasteiger partial charge in [0.25, 0.3) is 5.56 Å². The van der Waals surface area contributed by atoms with Crippen LogP contribution in [0.3, 0.4) is 0 Å². The number of imidazole rings is 1. The lowest BCUT2D eigenvalue weighted by Crippen LogP contribution is -2.41. The number of ketones is 1. The third-order valence-corrected chi connectivity index (χ3v) is 5.53. The van der Waals surface area contributed by atoms with Gasteiger partial charge in [0.15, 0.2) is 16.9 Å². The van der Waals surface area contributed by atoms with Gasteiger partial charge in [-0.25, -0.2) is 14.3 Å². The summed E-state index contributed by atoms with van der Waals surface area (Å²) in [5.74, 6) is 0.550. The first-order valence-electron chi connectivity index (χ1n) is 10.8. The van der Waals surface area contributed by atoms with E-state index >= 15 is 0 Å². The highest BCUT2D eigenvalue weighted by molar-refractivity contribution is 5.96. The molecule has 2 aromatic heterocycles. The number of carbonyl (C=O) groups excluding carboxylic acids is 1. The Kier molecular flexibility index (Phi) is 6.00. The van der Waals surface area contributed by atoms with Gasteiger partial charge in [0.05, 0.1) is 25.7 Å². The van der Waals surface area contributed by atoms with Gasteiger partial charge in [0.2, 0.25) is 0 Å². The number of aryl methyl sites for hydroxylation is 1. The number of hydrogen-bond donors (Lipinski definition) is 0. The summed E-state index contributed by atoms with van der Waals surface area (Å²) in [6, 6.07) is 14.2. The number of para-hydroxylation sites is 1. The van der Waals surface area contributed by atoms with Gasteiger partial charge in [-0.15, -0.1) is 0 Å². The number of fused-ring (bicyclic) bond motifs is 1. The molecule has 0 unspecified atom stereocenters. The number of Topliss-reactive ketones (excluding diaryl/α,β-unsaturated/α-hetero) is 1. The zero-order chi connectivity index (χ0) is 23.7. The number of carbonyl (C=O) groups is 1. The molecule has 0 radical (unpaired) electrons. The van der Waals surface area contributed by atoms with Gasteiger partial charge in [-0.1, -0.05) is 32.0 Å². The highest BCUT2D eigenvalue weighted by Crippen LogP contribution is 2.18. The van der Waals surface area contributed by atoms with Gasteiger partial charge in [-0.3, -0.25) is 14.2 Å². The quantitative estimate of drug-likeness (QED) is 0.407. The summed E-state index contributed by atoms with van der Waals surface area (Å²) in [5.41, 5.74) is 1.58. The Hall–Kier alpha value is -3.94. The molecule has 0 saturated heterocycles. The first-order chi connectivity index (χ1) is 15.8. The number of aromatic nitrogens is 4. The Labute approximate surface area is 190 Å². The fraction of sp³-hybridized carbons (Fsp3) is 0.280. The van der Waals surface area contributed by atoms with Crippen LogP contribution in [0.2, 0.25) is 0 Å². The molecule has 2 aromatic carbocycles. The van der Waals surface area contributed by atoms with Crippen LogP contribution in [0, 0.1) is 12.8 Å². The summed E-state index contributed by atoms with van der Waals surface area (Å²) >= 11 is 0. The lowest BCUT2D eigenvalue weighted by molar-refractivity contribution is 0.0973. The third kappa shape index (κ3) is 4.11. The topological polar surface area (TPSA) is 88.1 Å². The molecule has 0 amide bonds. The molecule has 170 valence electrons. The maximum atomic E-state index is 13.4. The molecule has 0 aliphatic rings. The Morgan fingerprint density at radius 1 is 1.06 bits per heavy atom. The van der Waals surface area contributed by atoms with Gasteiger partial charge < -0.3 is 9.30 Å². The van der Waals surface area contributed by atoms with Gasteiger partial charge in [-0.05, 0) is 48.7 Å². The highest BCUT2D eigenvalue weighted by atomic mass is 16.5. The summed E-state index contributed by atoms with van der Waals surface area (Å²) in [4.78, 5) is 44.1. The van der Waals surface area contributed by atoms with E-state index in [1.165, 1.54) is 20.0 Å². The maximum Gasteiger partial charge on any atom is 0.337 e. The molecular weight excluding hydrogens is 420 g/mol. The van der Waals surface area contributed by atoms with Crippen molar-refractivity contribution >= 4 is 16.9 Å². The average molecular weight is 447 g/mol. The summed E-state index contributed by atoms with van der Waals surface area (Å²) < 4.78 is 9.36. The van der Waals surface area contributed by atoms with E-state index in [9.17, 15) is 14.4 Å². The van der Waals surface area contributed by atoms with Crippen molar-refractivity contribution < 1.29 is 9.53 Å². The van der Waals surface area contributed by atoms with Crippen LogP contribution in [-0.2, 0) is 13.1 Å². The lowest BCUT2D eigenvalue weighted by atomic mass is 10.1. The summed E-state index contributed by atoms with van der Waals surface area (Å²) in [7, 11) is 1.56. The van der Waals surface area contributed by atoms with Gasteiger partial charge in [0, 0.05) is 12.1 Å². The van der Waals surface area contributed by atoms with Crippen LogP contribution in [0.4, 0.5) is 0 Å². The van der Waals surface area contributed by atoms with Crippen molar-refractivity contribution in [1.82, 2.24) is 18.7 Å². The van der Waals surface area contributed by atoms with Gasteiger partial charge in [0.1, 0.15) is 5.75 Å². The Morgan fingerprint density at radius 3 is 2.39 bits per heavy atom. The average Bonchev–Trinajstić information content (AvgIpc) is 3.21. The highest BCUT2D eigenvalue weighted by Gasteiger charge is 2.21. The van der Waals surface area contributed by atoms with Crippen molar-refractivity contribution in [2.24, 2.45) is 5.92 Å². The molecule has 4 rings (SSSR count). The zero-order valence-corrected chi connectivity index (χ0v) is 19.1. The lowest BCUT2D eigenvalue weighted by Gasteiger charge is -2.15. The van der Waals surface area contributed by atoms with Gasteiger partial charge >= 0.3 is 5.69 Å². The molecule has 0 fully saturated rings. The van der Waals surface area contributed by atoms with E-state index in [0.717, 1.165) is 5.56 Å². The van der Waals surface area contributed by atoms with Crippen molar-refractivity contribution in [3.63, 3.8) is 0 Å². The molecule has 2 heterocycles. The summed E-state index contributed by atoms with van der Waals surface area (Å²) in [6.45, 7) is 5.97. The minimum Gasteiger partial charge on any atom is -0.497 e. The van der Waals surface area contributed by atoms with Crippen LogP contribution in [-0.4, -0.2) is 31.6 Å². The number of methoxy groups -OCH3 is 1. The molecular formula is C25H26N4O4. The van der Waals surface area contributed by atoms with Crippen molar-refractivity contribution in [2.45, 2.75) is 33.9 Å². The first kappa shape index (κ1) is 22.3. The normalized spacial score (nSPS) is 11.3. The maximum absolute atomic E-state index is 13.4. The molecule has 0 bridgehead atoms. The molecule has 0 saturated carbocycles. The van der Waals surface area contributed by atoms with Crippen LogP contribution >= 0.6 is 0 Å². The number of benzene rings is 2. The second kappa shape index (κ2) is 8.90. The van der Waals surface area contributed by atoms with E-state index < -0.39 is 11.2 Å². The zero-order valence-electron chi connectivity index (χ0n) is 19.1. The van der Waals surface area contributed by atoms with Crippen LogP contribution in [0.5, 0.6) is 5.75 Å². The van der Waals surface area contributed by atoms with E-state index in [1.807, 2.05) is 45.0 Å². The smallest absolute Gasteiger partial charge is 0.337 e. The first-order valence-corrected chi connectivity index (χ1v) is 10.8. The Bertz CT molecular complexity index is 1440. The van der Waals surface area contributed by atoms with Crippen molar-refractivity contribution in [3.8, 4) is 11.4 Å². The second-order valence-electron chi connectivity index (χ2n) is 8.41. The van der Waals surface area contributed by atoms with E-state index in [2.05, 4.69) is 4.98 Å². The summed E-state index contributed by atoms with van der Waals surface area (Å²) in [5, 5.41) is 0. The van der Waals surface area contributed by atoms with E-state index in [1.54, 1.807) is 31.4 Å². The Balaban J connectivity index is 1.90. The fourth-order valence-electron chi connectivity index (χ4n) is 3.88. The molecule has 0 atom stereocenters. The minimum atomic E-state index is -0.450. The van der Waals surface area contributed by atoms with Crippen molar-refractivity contribution in [1.29, 1.82) is 0 Å². The monoisotopic (exact) mass is 446 g/mol. The molecule has 33 heavy (non-hydrogen) atoms. The van der Waals surface area contributed by atoms with Crippen LogP contribution in [0.1, 0.15) is 29.8 Å². The molecule has 4 aromatic rings. The number of rotatable bonds is 7. The fourth-order valence-corrected chi connectivity index (χ4v) is 3.88. The minimum absolute atomic E-state index is 0.0777. The Morgan fingerprint density at radius 2 is 1.76 bits per heavy atom. The van der Waals surface area contributed by atoms with E-state index in [-0.39, 0.29) is 36.0 Å². The van der Waals surface area contributed by atoms with Crippen LogP contribution < -0.4 is 16.0 Å². The van der Waals surface area contributed by atoms with E-state index in [4.69, 9.17) is 4.74 Å². The number of hydrogen-bond acceptors (Lipinski definition) is 5. The van der Waals surface area contributed by atoms with Crippen molar-refractivity contribution in [3.05, 3.63) is 86.8 Å². The predicted octanol–water partition coefficient (Wildman–Crippen LogP) is 3.20. The van der Waals surface area contributed by atoms with Gasteiger partial charge in [-0.2, -0.15) is 0 Å². The molecule has 0 aliphatic carbocycles. The molecule has 0 spiro atoms. The third-order valence-electron chi connectivity index (χ3n) is 5.53. The summed E-state index contributed by atoms with van der Waals surface area (Å²) in [6.07, 6.45) is 1.45.